The molecule has 1 aliphatic heterocycles. The first kappa shape index (κ1) is 14.0. The van der Waals surface area contributed by atoms with E-state index in [2.05, 4.69) is 20.8 Å². The SMILES string of the molecule is O=C(NCc1nnc2ccccn12)[C@H]1Cc2cc(Cl)ccc2N1. The quantitative estimate of drug-likeness (QED) is 0.772. The Labute approximate surface area is 137 Å². The van der Waals surface area contributed by atoms with Crippen LogP contribution in [0.25, 0.3) is 5.65 Å². The molecule has 2 aromatic heterocycles. The number of hydrogen-bond donors (Lipinski definition) is 2. The molecule has 0 bridgehead atoms. The van der Waals surface area contributed by atoms with Crippen molar-refractivity contribution in [1.82, 2.24) is 19.9 Å². The van der Waals surface area contributed by atoms with Gasteiger partial charge in [-0.25, -0.2) is 0 Å². The van der Waals surface area contributed by atoms with Crippen LogP contribution in [0.1, 0.15) is 11.4 Å². The van der Waals surface area contributed by atoms with Crippen molar-refractivity contribution in [3.8, 4) is 0 Å². The van der Waals surface area contributed by atoms with E-state index in [1.807, 2.05) is 47.0 Å². The molecular formula is C16H14ClN5O. The standard InChI is InChI=1S/C16H14ClN5O/c17-11-4-5-12-10(7-11)8-13(19-12)16(23)18-9-15-21-20-14-3-1-2-6-22(14)15/h1-7,13,19H,8-9H2,(H,18,23)/t13-/m1/s1. The lowest BCUT2D eigenvalue weighted by Crippen LogP contribution is -2.38. The number of anilines is 1. The molecule has 4 rings (SSSR count). The van der Waals surface area contributed by atoms with Crippen molar-refractivity contribution in [2.45, 2.75) is 19.0 Å². The van der Waals surface area contributed by atoms with Crippen molar-refractivity contribution < 1.29 is 4.79 Å². The highest BCUT2D eigenvalue weighted by Crippen LogP contribution is 2.28. The summed E-state index contributed by atoms with van der Waals surface area (Å²) in [5.41, 5.74) is 2.78. The smallest absolute Gasteiger partial charge is 0.243 e. The highest BCUT2D eigenvalue weighted by Gasteiger charge is 2.26. The Morgan fingerprint density at radius 2 is 2.26 bits per heavy atom. The predicted molar refractivity (Wildman–Crippen MR) is 87.4 cm³/mol. The summed E-state index contributed by atoms with van der Waals surface area (Å²) in [5.74, 6) is 0.637. The molecule has 0 saturated carbocycles. The molecule has 1 amide bonds. The van der Waals surface area contributed by atoms with Gasteiger partial charge in [-0.2, -0.15) is 0 Å². The first-order chi connectivity index (χ1) is 11.2. The molecule has 3 heterocycles. The van der Waals surface area contributed by atoms with Gasteiger partial charge in [0.05, 0.1) is 6.54 Å². The number of benzene rings is 1. The summed E-state index contributed by atoms with van der Waals surface area (Å²) in [4.78, 5) is 12.4. The van der Waals surface area contributed by atoms with E-state index < -0.39 is 0 Å². The lowest BCUT2D eigenvalue weighted by atomic mass is 10.1. The maximum Gasteiger partial charge on any atom is 0.243 e. The second-order valence-electron chi connectivity index (χ2n) is 5.47. The Kier molecular flexibility index (Phi) is 3.38. The van der Waals surface area contributed by atoms with Crippen molar-refractivity contribution in [2.24, 2.45) is 0 Å². The van der Waals surface area contributed by atoms with Crippen LogP contribution >= 0.6 is 11.6 Å². The maximum atomic E-state index is 12.4. The van der Waals surface area contributed by atoms with Gasteiger partial charge >= 0.3 is 0 Å². The number of halogens is 1. The third-order valence-corrected chi connectivity index (χ3v) is 4.18. The Bertz CT molecular complexity index is 891. The molecule has 0 saturated heterocycles. The molecule has 6 nitrogen and oxygen atoms in total. The van der Waals surface area contributed by atoms with E-state index in [1.165, 1.54) is 0 Å². The number of rotatable bonds is 3. The van der Waals surface area contributed by atoms with Crippen LogP contribution in [-0.4, -0.2) is 26.5 Å². The number of pyridine rings is 1. The summed E-state index contributed by atoms with van der Waals surface area (Å²) in [7, 11) is 0. The second kappa shape index (κ2) is 5.55. The third-order valence-electron chi connectivity index (χ3n) is 3.94. The fourth-order valence-electron chi connectivity index (χ4n) is 2.79. The number of hydrogen-bond acceptors (Lipinski definition) is 4. The molecule has 1 atom stereocenters. The minimum atomic E-state index is -0.289. The highest BCUT2D eigenvalue weighted by molar-refractivity contribution is 6.30. The van der Waals surface area contributed by atoms with Gasteiger partial charge in [0.15, 0.2) is 11.5 Å². The Morgan fingerprint density at radius 3 is 3.17 bits per heavy atom. The molecule has 0 spiro atoms. The van der Waals surface area contributed by atoms with Crippen LogP contribution in [0.2, 0.25) is 5.02 Å². The van der Waals surface area contributed by atoms with Crippen molar-refractivity contribution >= 4 is 28.8 Å². The Hall–Kier alpha value is -2.60. The van der Waals surface area contributed by atoms with Gasteiger partial charge in [-0.1, -0.05) is 17.7 Å². The van der Waals surface area contributed by atoms with E-state index in [9.17, 15) is 4.79 Å². The van der Waals surface area contributed by atoms with Crippen molar-refractivity contribution in [2.75, 3.05) is 5.32 Å². The number of carbonyl (C=O) groups excluding carboxylic acids is 1. The summed E-state index contributed by atoms with van der Waals surface area (Å²) >= 11 is 5.99. The Morgan fingerprint density at radius 1 is 1.35 bits per heavy atom. The topological polar surface area (TPSA) is 71.3 Å². The summed E-state index contributed by atoms with van der Waals surface area (Å²) in [6.45, 7) is 0.333. The average Bonchev–Trinajstić information content (AvgIpc) is 3.16. The van der Waals surface area contributed by atoms with Gasteiger partial charge in [0, 0.05) is 23.3 Å². The predicted octanol–water partition coefficient (Wildman–Crippen LogP) is 2.04. The van der Waals surface area contributed by atoms with Gasteiger partial charge in [-0.15, -0.1) is 10.2 Å². The van der Waals surface area contributed by atoms with Gasteiger partial charge in [-0.3, -0.25) is 9.20 Å². The van der Waals surface area contributed by atoms with Gasteiger partial charge in [0.1, 0.15) is 6.04 Å². The number of aromatic nitrogens is 3. The zero-order chi connectivity index (χ0) is 15.8. The minimum Gasteiger partial charge on any atom is -0.373 e. The number of amides is 1. The molecule has 3 aromatic rings. The van der Waals surface area contributed by atoms with Crippen LogP contribution in [0.15, 0.2) is 42.6 Å². The molecule has 116 valence electrons. The molecule has 0 aliphatic carbocycles. The first-order valence-electron chi connectivity index (χ1n) is 7.32. The van der Waals surface area contributed by atoms with Crippen molar-refractivity contribution in [3.63, 3.8) is 0 Å². The van der Waals surface area contributed by atoms with Gasteiger partial charge in [0.25, 0.3) is 0 Å². The van der Waals surface area contributed by atoms with Crippen LogP contribution in [-0.2, 0) is 17.8 Å². The van der Waals surface area contributed by atoms with E-state index in [-0.39, 0.29) is 11.9 Å². The molecule has 1 aliphatic rings. The monoisotopic (exact) mass is 327 g/mol. The third kappa shape index (κ3) is 2.61. The molecule has 0 radical (unpaired) electrons. The summed E-state index contributed by atoms with van der Waals surface area (Å²) < 4.78 is 1.86. The highest BCUT2D eigenvalue weighted by atomic mass is 35.5. The van der Waals surface area contributed by atoms with Crippen LogP contribution in [0.3, 0.4) is 0 Å². The van der Waals surface area contributed by atoms with Gasteiger partial charge in [-0.05, 0) is 35.9 Å². The second-order valence-corrected chi connectivity index (χ2v) is 5.90. The molecule has 23 heavy (non-hydrogen) atoms. The summed E-state index contributed by atoms with van der Waals surface area (Å²) in [6.07, 6.45) is 2.50. The molecular weight excluding hydrogens is 314 g/mol. The van der Waals surface area contributed by atoms with Gasteiger partial charge in [0.2, 0.25) is 5.91 Å². The fraction of sp³-hybridized carbons (Fsp3) is 0.188. The molecule has 0 fully saturated rings. The van der Waals surface area contributed by atoms with E-state index in [0.29, 0.717) is 23.8 Å². The Balaban J connectivity index is 1.43. The average molecular weight is 328 g/mol. The normalized spacial score (nSPS) is 16.1. The number of carbonyl (C=O) groups is 1. The van der Waals surface area contributed by atoms with Crippen molar-refractivity contribution in [1.29, 1.82) is 0 Å². The molecule has 1 aromatic carbocycles. The zero-order valence-electron chi connectivity index (χ0n) is 12.2. The lowest BCUT2D eigenvalue weighted by Gasteiger charge is -2.11. The summed E-state index contributed by atoms with van der Waals surface area (Å²) in [5, 5.41) is 15.0. The van der Waals surface area contributed by atoms with Crippen molar-refractivity contribution in [3.05, 3.63) is 59.0 Å². The van der Waals surface area contributed by atoms with E-state index in [0.717, 1.165) is 16.9 Å². The van der Waals surface area contributed by atoms with Crippen LogP contribution in [0.4, 0.5) is 5.69 Å². The fourth-order valence-corrected chi connectivity index (χ4v) is 2.98. The molecule has 0 unspecified atom stereocenters. The van der Waals surface area contributed by atoms with Crippen LogP contribution in [0.5, 0.6) is 0 Å². The number of nitrogens with one attached hydrogen (secondary N) is 2. The van der Waals surface area contributed by atoms with Crippen LogP contribution < -0.4 is 10.6 Å². The molecule has 2 N–H and O–H groups in total. The van der Waals surface area contributed by atoms with E-state index in [1.54, 1.807) is 0 Å². The largest absolute Gasteiger partial charge is 0.373 e. The maximum absolute atomic E-state index is 12.4. The number of nitrogens with zero attached hydrogens (tertiary/aromatic N) is 3. The first-order valence-corrected chi connectivity index (χ1v) is 7.70. The van der Waals surface area contributed by atoms with Gasteiger partial charge < -0.3 is 10.6 Å². The lowest BCUT2D eigenvalue weighted by molar-refractivity contribution is -0.121. The van der Waals surface area contributed by atoms with Crippen LogP contribution in [0, 0.1) is 0 Å². The molecule has 7 heteroatoms. The minimum absolute atomic E-state index is 0.0648. The zero-order valence-corrected chi connectivity index (χ0v) is 12.9. The van der Waals surface area contributed by atoms with E-state index >= 15 is 0 Å². The number of fused-ring (bicyclic) bond motifs is 2. The summed E-state index contributed by atoms with van der Waals surface area (Å²) in [6, 6.07) is 11.0. The van der Waals surface area contributed by atoms with E-state index in [4.69, 9.17) is 11.6 Å².